The fourth-order valence-electron chi connectivity index (χ4n) is 1.63. The highest BCUT2D eigenvalue weighted by Gasteiger charge is 2.19. The van der Waals surface area contributed by atoms with Crippen molar-refractivity contribution >= 4 is 11.6 Å². The predicted molar refractivity (Wildman–Crippen MR) is 74.7 cm³/mol. The summed E-state index contributed by atoms with van der Waals surface area (Å²) in [4.78, 5) is 13.1. The summed E-state index contributed by atoms with van der Waals surface area (Å²) in [5.41, 5.74) is 1.24. The van der Waals surface area contributed by atoms with Gasteiger partial charge in [-0.05, 0) is 24.6 Å². The van der Waals surface area contributed by atoms with E-state index in [0.29, 0.717) is 31.5 Å². The van der Waals surface area contributed by atoms with E-state index < -0.39 is 0 Å². The number of amides is 1. The van der Waals surface area contributed by atoms with Gasteiger partial charge in [0.1, 0.15) is 5.82 Å². The summed E-state index contributed by atoms with van der Waals surface area (Å²) in [6.07, 6.45) is 0. The number of aryl methyl sites for hydroxylation is 1. The number of hydrogen-bond donors (Lipinski definition) is 1. The second kappa shape index (κ2) is 9.44. The van der Waals surface area contributed by atoms with Crippen molar-refractivity contribution in [3.05, 3.63) is 29.6 Å². The average Bonchev–Trinajstić information content (AvgIpc) is 2.47. The predicted octanol–water partition coefficient (Wildman–Crippen LogP) is 2.68. The van der Waals surface area contributed by atoms with Crippen molar-refractivity contribution in [2.45, 2.75) is 20.8 Å². The molecule has 1 aliphatic heterocycles. The molecule has 0 atom stereocenters. The van der Waals surface area contributed by atoms with E-state index in [9.17, 15) is 13.6 Å². The standard InChI is InChI=1S/C11H13FN2O.C2H6.CH3F/c1-8-2-3-9(6-10(8)12)14-5-4-13-7-11(14)15;2*1-2/h2-3,6,13H,4-5,7H2,1H3;1-2H3;1H3. The van der Waals surface area contributed by atoms with Gasteiger partial charge in [0.05, 0.1) is 13.7 Å². The highest BCUT2D eigenvalue weighted by molar-refractivity contribution is 5.95. The summed E-state index contributed by atoms with van der Waals surface area (Å²) >= 11 is 0. The molecule has 1 heterocycles. The Labute approximate surface area is 113 Å². The normalized spacial score (nSPS) is 14.0. The molecule has 0 saturated carbocycles. The van der Waals surface area contributed by atoms with Crippen LogP contribution >= 0.6 is 0 Å². The van der Waals surface area contributed by atoms with Crippen molar-refractivity contribution in [1.29, 1.82) is 0 Å². The number of carbonyl (C=O) groups excluding carboxylic acids is 1. The van der Waals surface area contributed by atoms with Crippen molar-refractivity contribution < 1.29 is 13.6 Å². The van der Waals surface area contributed by atoms with E-state index in [-0.39, 0.29) is 11.7 Å². The summed E-state index contributed by atoms with van der Waals surface area (Å²) in [5.74, 6) is -0.275. The molecule has 1 aromatic carbocycles. The Kier molecular flexibility index (Phi) is 8.70. The van der Waals surface area contributed by atoms with Gasteiger partial charge in [-0.1, -0.05) is 19.9 Å². The van der Waals surface area contributed by atoms with E-state index in [0.717, 1.165) is 6.54 Å². The largest absolute Gasteiger partial charge is 0.310 e. The Morgan fingerprint density at radius 2 is 1.89 bits per heavy atom. The van der Waals surface area contributed by atoms with Gasteiger partial charge in [0, 0.05) is 18.8 Å². The van der Waals surface area contributed by atoms with E-state index in [4.69, 9.17) is 0 Å². The van der Waals surface area contributed by atoms with Crippen LogP contribution in [0.3, 0.4) is 0 Å². The number of piperazine rings is 1. The minimum atomic E-state index is -0.265. The molecule has 0 aromatic heterocycles. The molecule has 1 fully saturated rings. The minimum Gasteiger partial charge on any atom is -0.310 e. The third-order valence-corrected chi connectivity index (χ3v) is 2.56. The van der Waals surface area contributed by atoms with Crippen molar-refractivity contribution in [3.63, 3.8) is 0 Å². The average molecular weight is 272 g/mol. The second-order valence-electron chi connectivity index (χ2n) is 3.66. The molecule has 1 aromatic rings. The van der Waals surface area contributed by atoms with Crippen molar-refractivity contribution in [1.82, 2.24) is 5.32 Å². The Balaban J connectivity index is 0.000000741. The van der Waals surface area contributed by atoms with E-state index in [1.54, 1.807) is 24.0 Å². The number of benzene rings is 1. The van der Waals surface area contributed by atoms with Crippen LogP contribution in [0.1, 0.15) is 19.4 Å². The smallest absolute Gasteiger partial charge is 0.240 e. The van der Waals surface area contributed by atoms with Crippen LogP contribution in [0.4, 0.5) is 14.5 Å². The Morgan fingerprint density at radius 3 is 2.42 bits per heavy atom. The Morgan fingerprint density at radius 1 is 1.26 bits per heavy atom. The molecule has 0 radical (unpaired) electrons. The van der Waals surface area contributed by atoms with Crippen LogP contribution in [-0.2, 0) is 4.79 Å². The quantitative estimate of drug-likeness (QED) is 0.852. The van der Waals surface area contributed by atoms with Crippen LogP contribution in [-0.4, -0.2) is 32.7 Å². The monoisotopic (exact) mass is 272 g/mol. The summed E-state index contributed by atoms with van der Waals surface area (Å²) in [7, 11) is 0.500. The summed E-state index contributed by atoms with van der Waals surface area (Å²) in [6, 6.07) is 4.89. The van der Waals surface area contributed by atoms with E-state index in [2.05, 4.69) is 5.32 Å². The molecule has 2 rings (SSSR count). The Bertz CT molecular complexity index is 397. The molecular weight excluding hydrogens is 250 g/mol. The molecule has 108 valence electrons. The number of anilines is 1. The molecule has 0 spiro atoms. The highest BCUT2D eigenvalue weighted by atomic mass is 19.1. The number of nitrogens with one attached hydrogen (secondary N) is 1. The van der Waals surface area contributed by atoms with Gasteiger partial charge in [-0.2, -0.15) is 0 Å². The number of rotatable bonds is 1. The molecule has 19 heavy (non-hydrogen) atoms. The first kappa shape index (κ1) is 17.5. The zero-order valence-electron chi connectivity index (χ0n) is 12.0. The third-order valence-electron chi connectivity index (χ3n) is 2.56. The van der Waals surface area contributed by atoms with E-state index >= 15 is 0 Å². The van der Waals surface area contributed by atoms with Crippen molar-refractivity contribution in [2.24, 2.45) is 0 Å². The van der Waals surface area contributed by atoms with Crippen LogP contribution in [0.5, 0.6) is 0 Å². The minimum absolute atomic E-state index is 0.00972. The maximum atomic E-state index is 13.3. The van der Waals surface area contributed by atoms with Crippen molar-refractivity contribution in [3.8, 4) is 0 Å². The maximum Gasteiger partial charge on any atom is 0.240 e. The maximum absolute atomic E-state index is 13.3. The molecule has 0 unspecified atom stereocenters. The van der Waals surface area contributed by atoms with Gasteiger partial charge in [-0.3, -0.25) is 9.18 Å². The molecule has 1 saturated heterocycles. The van der Waals surface area contributed by atoms with Gasteiger partial charge < -0.3 is 10.2 Å². The van der Waals surface area contributed by atoms with Crippen LogP contribution < -0.4 is 10.2 Å². The molecule has 1 N–H and O–H groups in total. The van der Waals surface area contributed by atoms with Crippen LogP contribution in [0.15, 0.2) is 18.2 Å². The lowest BCUT2D eigenvalue weighted by atomic mass is 10.2. The SMILES string of the molecule is CC.CF.Cc1ccc(N2CCNCC2=O)cc1F. The van der Waals surface area contributed by atoms with Gasteiger partial charge in [-0.25, -0.2) is 4.39 Å². The fraction of sp³-hybridized carbons (Fsp3) is 0.500. The molecular formula is C14H22F2N2O. The van der Waals surface area contributed by atoms with E-state index in [1.807, 2.05) is 13.8 Å². The Hall–Kier alpha value is -1.49. The molecule has 0 bridgehead atoms. The summed E-state index contributed by atoms with van der Waals surface area (Å²) in [5, 5.41) is 2.98. The summed E-state index contributed by atoms with van der Waals surface area (Å²) in [6.45, 7) is 7.39. The van der Waals surface area contributed by atoms with Crippen LogP contribution in [0.2, 0.25) is 0 Å². The van der Waals surface area contributed by atoms with Crippen LogP contribution in [0, 0.1) is 12.7 Å². The van der Waals surface area contributed by atoms with Gasteiger partial charge in [0.25, 0.3) is 0 Å². The van der Waals surface area contributed by atoms with Gasteiger partial charge in [0.15, 0.2) is 0 Å². The lowest BCUT2D eigenvalue weighted by Gasteiger charge is -2.27. The topological polar surface area (TPSA) is 32.3 Å². The number of halogens is 2. The second-order valence-corrected chi connectivity index (χ2v) is 3.66. The molecule has 3 nitrogen and oxygen atoms in total. The van der Waals surface area contributed by atoms with Gasteiger partial charge >= 0.3 is 0 Å². The lowest BCUT2D eigenvalue weighted by Crippen LogP contribution is -2.48. The molecule has 0 aliphatic carbocycles. The summed E-state index contributed by atoms with van der Waals surface area (Å²) < 4.78 is 22.8. The molecule has 1 amide bonds. The molecule has 1 aliphatic rings. The number of alkyl halides is 1. The highest BCUT2D eigenvalue weighted by Crippen LogP contribution is 2.18. The lowest BCUT2D eigenvalue weighted by molar-refractivity contribution is -0.118. The van der Waals surface area contributed by atoms with E-state index in [1.165, 1.54) is 6.07 Å². The number of nitrogens with zero attached hydrogens (tertiary/aromatic N) is 1. The van der Waals surface area contributed by atoms with Crippen molar-refractivity contribution in [2.75, 3.05) is 31.7 Å². The van der Waals surface area contributed by atoms with Crippen LogP contribution in [0.25, 0.3) is 0 Å². The van der Waals surface area contributed by atoms with Gasteiger partial charge in [0.2, 0.25) is 5.91 Å². The molecule has 5 heteroatoms. The zero-order chi connectivity index (χ0) is 14.8. The number of carbonyl (C=O) groups is 1. The first-order valence-electron chi connectivity index (χ1n) is 6.33. The van der Waals surface area contributed by atoms with Gasteiger partial charge in [-0.15, -0.1) is 0 Å². The first-order valence-corrected chi connectivity index (χ1v) is 6.33. The third kappa shape index (κ3) is 4.95. The number of hydrogen-bond acceptors (Lipinski definition) is 2. The zero-order valence-corrected chi connectivity index (χ0v) is 12.0. The fourth-order valence-corrected chi connectivity index (χ4v) is 1.63. The first-order chi connectivity index (χ1) is 9.18.